The predicted molar refractivity (Wildman–Crippen MR) is 71.8 cm³/mol. The molecule has 0 radical (unpaired) electrons. The van der Waals surface area contributed by atoms with Crippen LogP contribution in [0.4, 0.5) is 0 Å². The largest absolute Gasteiger partial charge is 0.313 e. The summed E-state index contributed by atoms with van der Waals surface area (Å²) in [6, 6.07) is 11.3. The number of benzene rings is 1. The van der Waals surface area contributed by atoms with Gasteiger partial charge in [0.15, 0.2) is 0 Å². The topological polar surface area (TPSA) is 12.0 Å². The molecule has 0 aliphatic rings. The second-order valence-electron chi connectivity index (χ2n) is 5.66. The van der Waals surface area contributed by atoms with Crippen LogP contribution in [-0.4, -0.2) is 12.6 Å². The zero-order valence-electron chi connectivity index (χ0n) is 11.2. The van der Waals surface area contributed by atoms with Crippen LogP contribution in [-0.2, 0) is 5.41 Å². The minimum atomic E-state index is 0.199. The second-order valence-corrected chi connectivity index (χ2v) is 5.66. The van der Waals surface area contributed by atoms with Gasteiger partial charge in [0, 0.05) is 18.0 Å². The molecule has 1 N–H and O–H groups in total. The molecule has 0 saturated carbocycles. The van der Waals surface area contributed by atoms with E-state index in [1.165, 1.54) is 5.56 Å². The number of hydrogen-bond acceptors (Lipinski definition) is 1. The molecule has 0 aliphatic carbocycles. The highest BCUT2D eigenvalue weighted by Crippen LogP contribution is 2.22. The standard InChI is InChI=1S/C15H25N/c1-12(2)13(3)16-11-15(4,5)14-9-7-6-8-10-14/h6-10,12-13,16H,11H2,1-5H3. The molecule has 1 aromatic carbocycles. The Morgan fingerprint density at radius 3 is 2.12 bits per heavy atom. The van der Waals surface area contributed by atoms with E-state index in [0.29, 0.717) is 12.0 Å². The van der Waals surface area contributed by atoms with Crippen molar-refractivity contribution in [2.24, 2.45) is 5.92 Å². The van der Waals surface area contributed by atoms with E-state index >= 15 is 0 Å². The summed E-state index contributed by atoms with van der Waals surface area (Å²) in [7, 11) is 0. The SMILES string of the molecule is CC(C)C(C)NCC(C)(C)c1ccccc1. The van der Waals surface area contributed by atoms with E-state index in [0.717, 1.165) is 6.54 Å². The first kappa shape index (κ1) is 13.2. The third kappa shape index (κ3) is 3.64. The third-order valence-corrected chi connectivity index (χ3v) is 3.42. The summed E-state index contributed by atoms with van der Waals surface area (Å²) < 4.78 is 0. The molecule has 0 spiro atoms. The maximum absolute atomic E-state index is 3.62. The fourth-order valence-electron chi connectivity index (χ4n) is 1.64. The highest BCUT2D eigenvalue weighted by molar-refractivity contribution is 5.23. The van der Waals surface area contributed by atoms with Crippen molar-refractivity contribution in [3.05, 3.63) is 35.9 Å². The predicted octanol–water partition coefficient (Wildman–Crippen LogP) is 3.60. The van der Waals surface area contributed by atoms with Crippen LogP contribution in [0.5, 0.6) is 0 Å². The Bertz CT molecular complexity index is 300. The smallest absolute Gasteiger partial charge is 0.00620 e. The summed E-state index contributed by atoms with van der Waals surface area (Å²) in [5, 5.41) is 3.62. The zero-order valence-corrected chi connectivity index (χ0v) is 11.2. The molecule has 0 heterocycles. The van der Waals surface area contributed by atoms with Crippen molar-refractivity contribution in [1.82, 2.24) is 5.32 Å². The second kappa shape index (κ2) is 5.49. The van der Waals surface area contributed by atoms with E-state index in [1.807, 2.05) is 0 Å². The number of hydrogen-bond donors (Lipinski definition) is 1. The van der Waals surface area contributed by atoms with Crippen molar-refractivity contribution in [2.75, 3.05) is 6.54 Å². The molecule has 0 saturated heterocycles. The van der Waals surface area contributed by atoms with E-state index in [9.17, 15) is 0 Å². The Balaban J connectivity index is 2.59. The van der Waals surface area contributed by atoms with Crippen molar-refractivity contribution in [3.63, 3.8) is 0 Å². The van der Waals surface area contributed by atoms with E-state index < -0.39 is 0 Å². The summed E-state index contributed by atoms with van der Waals surface area (Å²) in [6.45, 7) is 12.4. The van der Waals surface area contributed by atoms with Gasteiger partial charge >= 0.3 is 0 Å². The molecule has 1 unspecified atom stereocenters. The molecule has 0 aliphatic heterocycles. The van der Waals surface area contributed by atoms with Crippen LogP contribution in [0.2, 0.25) is 0 Å². The minimum Gasteiger partial charge on any atom is -0.313 e. The van der Waals surface area contributed by atoms with Gasteiger partial charge in [0.25, 0.3) is 0 Å². The van der Waals surface area contributed by atoms with Crippen molar-refractivity contribution < 1.29 is 0 Å². The Hall–Kier alpha value is -0.820. The highest BCUT2D eigenvalue weighted by atomic mass is 14.9. The van der Waals surface area contributed by atoms with Crippen molar-refractivity contribution >= 4 is 0 Å². The number of rotatable bonds is 5. The highest BCUT2D eigenvalue weighted by Gasteiger charge is 2.21. The van der Waals surface area contributed by atoms with Crippen molar-refractivity contribution in [2.45, 2.75) is 46.1 Å². The molecule has 90 valence electrons. The average molecular weight is 219 g/mol. The first-order valence-electron chi connectivity index (χ1n) is 6.22. The summed E-state index contributed by atoms with van der Waals surface area (Å²) in [5.74, 6) is 0.687. The summed E-state index contributed by atoms with van der Waals surface area (Å²) >= 11 is 0. The van der Waals surface area contributed by atoms with Crippen LogP contribution in [0.15, 0.2) is 30.3 Å². The van der Waals surface area contributed by atoms with Crippen LogP contribution in [0.25, 0.3) is 0 Å². The molecular weight excluding hydrogens is 194 g/mol. The lowest BCUT2D eigenvalue weighted by molar-refractivity contribution is 0.374. The van der Waals surface area contributed by atoms with Crippen LogP contribution in [0, 0.1) is 5.92 Å². The summed E-state index contributed by atoms with van der Waals surface area (Å²) in [4.78, 5) is 0. The van der Waals surface area contributed by atoms with Crippen molar-refractivity contribution in [1.29, 1.82) is 0 Å². The van der Waals surface area contributed by atoms with Gasteiger partial charge in [-0.15, -0.1) is 0 Å². The molecule has 1 nitrogen and oxygen atoms in total. The monoisotopic (exact) mass is 219 g/mol. The van der Waals surface area contributed by atoms with E-state index in [-0.39, 0.29) is 5.41 Å². The zero-order chi connectivity index (χ0) is 12.2. The fraction of sp³-hybridized carbons (Fsp3) is 0.600. The molecule has 0 bridgehead atoms. The maximum Gasteiger partial charge on any atom is 0.00620 e. The van der Waals surface area contributed by atoms with Crippen LogP contribution in [0.3, 0.4) is 0 Å². The van der Waals surface area contributed by atoms with E-state index in [1.54, 1.807) is 0 Å². The first-order valence-corrected chi connectivity index (χ1v) is 6.22. The van der Waals surface area contributed by atoms with Crippen LogP contribution < -0.4 is 5.32 Å². The Morgan fingerprint density at radius 2 is 1.62 bits per heavy atom. The quantitative estimate of drug-likeness (QED) is 0.798. The molecule has 1 rings (SSSR count). The normalized spacial score (nSPS) is 14.1. The minimum absolute atomic E-state index is 0.199. The summed E-state index contributed by atoms with van der Waals surface area (Å²) in [5.41, 5.74) is 1.60. The van der Waals surface area contributed by atoms with Crippen LogP contribution >= 0.6 is 0 Å². The van der Waals surface area contributed by atoms with Gasteiger partial charge in [0.2, 0.25) is 0 Å². The maximum atomic E-state index is 3.62. The Morgan fingerprint density at radius 1 is 1.06 bits per heavy atom. The van der Waals surface area contributed by atoms with Crippen LogP contribution in [0.1, 0.15) is 40.2 Å². The molecule has 1 atom stereocenters. The lowest BCUT2D eigenvalue weighted by Gasteiger charge is -2.29. The molecule has 0 amide bonds. The van der Waals surface area contributed by atoms with E-state index in [2.05, 4.69) is 70.3 Å². The van der Waals surface area contributed by atoms with Crippen molar-refractivity contribution in [3.8, 4) is 0 Å². The molecule has 1 aromatic rings. The van der Waals surface area contributed by atoms with Gasteiger partial charge in [-0.2, -0.15) is 0 Å². The molecule has 1 heteroatoms. The van der Waals surface area contributed by atoms with Gasteiger partial charge in [-0.1, -0.05) is 58.0 Å². The summed E-state index contributed by atoms with van der Waals surface area (Å²) in [6.07, 6.45) is 0. The first-order chi connectivity index (χ1) is 7.43. The fourth-order valence-corrected chi connectivity index (χ4v) is 1.64. The third-order valence-electron chi connectivity index (χ3n) is 3.42. The van der Waals surface area contributed by atoms with Gasteiger partial charge in [-0.05, 0) is 18.4 Å². The van der Waals surface area contributed by atoms with Gasteiger partial charge in [-0.25, -0.2) is 0 Å². The lowest BCUT2D eigenvalue weighted by atomic mass is 9.84. The molecule has 16 heavy (non-hydrogen) atoms. The van der Waals surface area contributed by atoms with E-state index in [4.69, 9.17) is 0 Å². The van der Waals surface area contributed by atoms with Gasteiger partial charge in [-0.3, -0.25) is 0 Å². The molecular formula is C15H25N. The van der Waals surface area contributed by atoms with Gasteiger partial charge in [0.1, 0.15) is 0 Å². The lowest BCUT2D eigenvalue weighted by Crippen LogP contribution is -2.40. The molecule has 0 aromatic heterocycles. The number of nitrogens with one attached hydrogen (secondary N) is 1. The molecule has 0 fully saturated rings. The Labute approximate surface area is 100 Å². The Kier molecular flexibility index (Phi) is 4.55. The van der Waals surface area contributed by atoms with Gasteiger partial charge < -0.3 is 5.32 Å². The van der Waals surface area contributed by atoms with Gasteiger partial charge in [0.05, 0.1) is 0 Å². The average Bonchev–Trinajstić information content (AvgIpc) is 2.27.